The van der Waals surface area contributed by atoms with Crippen LogP contribution < -0.4 is 5.01 Å². The van der Waals surface area contributed by atoms with Gasteiger partial charge in [0.15, 0.2) is 0 Å². The fraction of sp³-hybridized carbons (Fsp3) is 0.154. The van der Waals surface area contributed by atoms with Gasteiger partial charge in [0, 0.05) is 5.56 Å². The number of aromatic carboxylic acids is 1. The second-order valence-electron chi connectivity index (χ2n) is 7.63. The molecule has 2 aromatic carbocycles. The third kappa shape index (κ3) is 4.66. The highest BCUT2D eigenvalue weighted by atomic mass is 16.5. The van der Waals surface area contributed by atoms with Crippen molar-refractivity contribution in [1.82, 2.24) is 0 Å². The van der Waals surface area contributed by atoms with Crippen molar-refractivity contribution in [2.45, 2.75) is 20.3 Å². The maximum absolute atomic E-state index is 13.0. The third-order valence-corrected chi connectivity index (χ3v) is 5.16. The number of carbonyl (C=O) groups excluding carboxylic acids is 2. The molecule has 1 amide bonds. The summed E-state index contributed by atoms with van der Waals surface area (Å²) in [7, 11) is 0. The molecule has 3 aromatic rings. The van der Waals surface area contributed by atoms with Crippen LogP contribution in [-0.4, -0.2) is 35.3 Å². The largest absolute Gasteiger partial charge is 0.478 e. The van der Waals surface area contributed by atoms with E-state index in [1.54, 1.807) is 61.5 Å². The number of nitrogens with zero attached hydrogens (tertiary/aromatic N) is 2. The molecular weight excluding hydrogens is 436 g/mol. The van der Waals surface area contributed by atoms with E-state index in [1.165, 1.54) is 17.1 Å². The van der Waals surface area contributed by atoms with E-state index < -0.39 is 5.97 Å². The minimum Gasteiger partial charge on any atom is -0.478 e. The molecule has 0 radical (unpaired) electrons. The predicted molar refractivity (Wildman–Crippen MR) is 127 cm³/mol. The van der Waals surface area contributed by atoms with Crippen LogP contribution >= 0.6 is 0 Å². The maximum atomic E-state index is 13.0. The minimum atomic E-state index is -1.08. The second kappa shape index (κ2) is 9.58. The first kappa shape index (κ1) is 22.7. The number of carboxylic acids is 1. The van der Waals surface area contributed by atoms with Gasteiger partial charge in [0.25, 0.3) is 5.91 Å². The van der Waals surface area contributed by atoms with E-state index >= 15 is 0 Å². The zero-order valence-electron chi connectivity index (χ0n) is 18.6. The van der Waals surface area contributed by atoms with Crippen molar-refractivity contribution in [2.75, 3.05) is 11.6 Å². The summed E-state index contributed by atoms with van der Waals surface area (Å²) in [6, 6.07) is 16.4. The number of anilines is 1. The standard InChI is InChI=1S/C26H22N2O6/c1-3-13-33-26(32)18-9-7-17(8-10-18)23-12-11-21(34-23)15-22-16(2)27-28(24(22)29)20-6-4-5-19(14-20)25(30)31/h4-12,14-15H,3,13H2,1-2H3,(H,30,31)/b22-15-. The Balaban J connectivity index is 1.53. The fourth-order valence-corrected chi connectivity index (χ4v) is 3.41. The normalized spacial score (nSPS) is 14.4. The Morgan fingerprint density at radius 2 is 1.85 bits per heavy atom. The molecule has 1 aliphatic rings. The first-order valence-electron chi connectivity index (χ1n) is 10.7. The number of carboxylic acid groups (broad SMARTS) is 1. The number of ether oxygens (including phenoxy) is 1. The highest BCUT2D eigenvalue weighted by Gasteiger charge is 2.29. The topological polar surface area (TPSA) is 109 Å². The summed E-state index contributed by atoms with van der Waals surface area (Å²) in [5, 5.41) is 14.7. The van der Waals surface area contributed by atoms with Crippen molar-refractivity contribution >= 4 is 35.3 Å². The van der Waals surface area contributed by atoms with Gasteiger partial charge >= 0.3 is 11.9 Å². The zero-order valence-corrected chi connectivity index (χ0v) is 18.6. The number of benzene rings is 2. The van der Waals surface area contributed by atoms with Crippen LogP contribution in [0.15, 0.2) is 75.8 Å². The molecule has 34 heavy (non-hydrogen) atoms. The highest BCUT2D eigenvalue weighted by molar-refractivity contribution is 6.32. The van der Waals surface area contributed by atoms with E-state index in [0.717, 1.165) is 12.0 Å². The van der Waals surface area contributed by atoms with Crippen LogP contribution in [0, 0.1) is 0 Å². The van der Waals surface area contributed by atoms with Gasteiger partial charge in [-0.15, -0.1) is 0 Å². The van der Waals surface area contributed by atoms with Gasteiger partial charge in [-0.3, -0.25) is 4.79 Å². The van der Waals surface area contributed by atoms with Crippen molar-refractivity contribution in [3.8, 4) is 11.3 Å². The number of hydrogen-bond acceptors (Lipinski definition) is 6. The van der Waals surface area contributed by atoms with Crippen molar-refractivity contribution in [3.63, 3.8) is 0 Å². The Kier molecular flexibility index (Phi) is 6.40. The van der Waals surface area contributed by atoms with Crippen LogP contribution in [0.25, 0.3) is 17.4 Å². The second-order valence-corrected chi connectivity index (χ2v) is 7.63. The van der Waals surface area contributed by atoms with Crippen molar-refractivity contribution in [1.29, 1.82) is 0 Å². The summed E-state index contributed by atoms with van der Waals surface area (Å²) in [4.78, 5) is 36.2. The van der Waals surface area contributed by atoms with E-state index in [2.05, 4.69) is 5.10 Å². The van der Waals surface area contributed by atoms with Gasteiger partial charge in [-0.05, 0) is 61.9 Å². The molecular formula is C26H22N2O6. The van der Waals surface area contributed by atoms with E-state index in [4.69, 9.17) is 9.15 Å². The molecule has 0 aliphatic carbocycles. The molecule has 1 aromatic heterocycles. The molecule has 4 rings (SSSR count). The molecule has 1 aliphatic heterocycles. The van der Waals surface area contributed by atoms with Gasteiger partial charge in [-0.25, -0.2) is 9.59 Å². The predicted octanol–water partition coefficient (Wildman–Crippen LogP) is 5.02. The van der Waals surface area contributed by atoms with Crippen LogP contribution in [0.3, 0.4) is 0 Å². The summed E-state index contributed by atoms with van der Waals surface area (Å²) >= 11 is 0. The lowest BCUT2D eigenvalue weighted by Gasteiger charge is -2.12. The first-order chi connectivity index (χ1) is 16.4. The molecule has 0 saturated carbocycles. The first-order valence-corrected chi connectivity index (χ1v) is 10.7. The minimum absolute atomic E-state index is 0.0657. The van der Waals surface area contributed by atoms with Crippen molar-refractivity contribution in [2.24, 2.45) is 5.10 Å². The van der Waals surface area contributed by atoms with Crippen LogP contribution in [0.1, 0.15) is 46.7 Å². The average molecular weight is 458 g/mol. The van der Waals surface area contributed by atoms with Crippen LogP contribution in [-0.2, 0) is 9.53 Å². The number of carbonyl (C=O) groups is 3. The number of amides is 1. The summed E-state index contributed by atoms with van der Waals surface area (Å²) in [6.07, 6.45) is 2.36. The molecule has 8 nitrogen and oxygen atoms in total. The van der Waals surface area contributed by atoms with Gasteiger partial charge < -0.3 is 14.3 Å². The summed E-state index contributed by atoms with van der Waals surface area (Å²) < 4.78 is 11.0. The Labute approximate surface area is 195 Å². The number of esters is 1. The molecule has 0 fully saturated rings. The Bertz CT molecular complexity index is 1320. The summed E-state index contributed by atoms with van der Waals surface area (Å²) in [5.41, 5.74) is 2.49. The van der Waals surface area contributed by atoms with Gasteiger partial charge in [-0.2, -0.15) is 10.1 Å². The molecule has 0 atom stereocenters. The van der Waals surface area contributed by atoms with E-state index in [-0.39, 0.29) is 17.4 Å². The van der Waals surface area contributed by atoms with Crippen LogP contribution in [0.2, 0.25) is 0 Å². The van der Waals surface area contributed by atoms with Crippen molar-refractivity contribution < 1.29 is 28.6 Å². The number of furan rings is 1. The molecule has 2 heterocycles. The lowest BCUT2D eigenvalue weighted by atomic mass is 10.1. The molecule has 0 spiro atoms. The van der Waals surface area contributed by atoms with Gasteiger partial charge in [-0.1, -0.05) is 25.1 Å². The quantitative estimate of drug-likeness (QED) is 0.393. The lowest BCUT2D eigenvalue weighted by Crippen LogP contribution is -2.21. The van der Waals surface area contributed by atoms with E-state index in [9.17, 15) is 19.5 Å². The van der Waals surface area contributed by atoms with E-state index in [1.807, 2.05) is 6.92 Å². The van der Waals surface area contributed by atoms with Crippen molar-refractivity contribution in [3.05, 3.63) is 83.1 Å². The lowest BCUT2D eigenvalue weighted by molar-refractivity contribution is -0.114. The molecule has 1 N–H and O–H groups in total. The van der Waals surface area contributed by atoms with Gasteiger partial charge in [0.1, 0.15) is 11.5 Å². The fourth-order valence-electron chi connectivity index (χ4n) is 3.41. The van der Waals surface area contributed by atoms with Crippen LogP contribution in [0.4, 0.5) is 5.69 Å². The Morgan fingerprint density at radius 1 is 1.09 bits per heavy atom. The Hall–Kier alpha value is -4.46. The summed E-state index contributed by atoms with van der Waals surface area (Å²) in [6.45, 7) is 4.01. The molecule has 172 valence electrons. The molecule has 0 unspecified atom stereocenters. The molecule has 0 bridgehead atoms. The smallest absolute Gasteiger partial charge is 0.338 e. The van der Waals surface area contributed by atoms with Gasteiger partial charge in [0.2, 0.25) is 0 Å². The summed E-state index contributed by atoms with van der Waals surface area (Å²) in [5.74, 6) is -0.801. The number of rotatable bonds is 7. The van der Waals surface area contributed by atoms with Crippen LogP contribution in [0.5, 0.6) is 0 Å². The molecule has 0 saturated heterocycles. The third-order valence-electron chi connectivity index (χ3n) is 5.16. The monoisotopic (exact) mass is 458 g/mol. The zero-order chi connectivity index (χ0) is 24.2. The Morgan fingerprint density at radius 3 is 2.56 bits per heavy atom. The average Bonchev–Trinajstić information content (AvgIpc) is 3.43. The maximum Gasteiger partial charge on any atom is 0.338 e. The molecule has 8 heteroatoms. The van der Waals surface area contributed by atoms with Gasteiger partial charge in [0.05, 0.1) is 34.7 Å². The highest BCUT2D eigenvalue weighted by Crippen LogP contribution is 2.28. The number of hydrogen-bond donors (Lipinski definition) is 1. The SMILES string of the molecule is CCCOC(=O)c1ccc(-c2ccc(/C=C3\C(=O)N(c4cccc(C(=O)O)c4)N=C3C)o2)cc1. The number of hydrazone groups is 1. The van der Waals surface area contributed by atoms with E-state index in [0.29, 0.717) is 40.7 Å².